The molecule has 2 aliphatic heterocycles. The molecule has 2 aromatic carbocycles. The fourth-order valence-electron chi connectivity index (χ4n) is 5.83. The Labute approximate surface area is 234 Å². The monoisotopic (exact) mass is 546 g/mol. The summed E-state index contributed by atoms with van der Waals surface area (Å²) in [5.74, 6) is -0.189. The number of para-hydroxylation sites is 1. The van der Waals surface area contributed by atoms with Gasteiger partial charge in [-0.3, -0.25) is 14.4 Å². The number of benzene rings is 2. The van der Waals surface area contributed by atoms with Crippen LogP contribution in [0.2, 0.25) is 0 Å². The largest absolute Gasteiger partial charge is 0.344 e. The number of fused-ring (bicyclic) bond motifs is 1. The van der Waals surface area contributed by atoms with Crippen LogP contribution >= 0.6 is 11.3 Å². The van der Waals surface area contributed by atoms with Gasteiger partial charge >= 0.3 is 0 Å². The number of nitrogens with zero attached hydrogens (tertiary/aromatic N) is 3. The van der Waals surface area contributed by atoms with Crippen LogP contribution in [0.1, 0.15) is 63.9 Å². The third-order valence-electron chi connectivity index (χ3n) is 8.42. The molecule has 0 unspecified atom stereocenters. The Morgan fingerprint density at radius 1 is 1.03 bits per heavy atom. The minimum atomic E-state index is -0.588. The second-order valence-corrected chi connectivity index (χ2v) is 12.0. The molecule has 0 spiro atoms. The van der Waals surface area contributed by atoms with E-state index >= 15 is 0 Å². The SMILES string of the molecule is CC[C@@H](C)C(=O)N[C@H](C(=O)N1CCC[C@H]1c1nc2c(-c3ccccc3)cccc2s1)C1CCN(C(C)=O)CC1. The second-order valence-electron chi connectivity index (χ2n) is 10.9. The smallest absolute Gasteiger partial charge is 0.246 e. The molecule has 5 rings (SSSR count). The lowest BCUT2D eigenvalue weighted by Crippen LogP contribution is -2.55. The highest BCUT2D eigenvalue weighted by molar-refractivity contribution is 7.18. The molecular weight excluding hydrogens is 508 g/mol. The molecule has 2 aliphatic rings. The number of thiazole rings is 1. The van der Waals surface area contributed by atoms with Crippen LogP contribution in [0.15, 0.2) is 48.5 Å². The van der Waals surface area contributed by atoms with Gasteiger partial charge < -0.3 is 15.1 Å². The summed E-state index contributed by atoms with van der Waals surface area (Å²) in [5.41, 5.74) is 3.20. The van der Waals surface area contributed by atoms with Crippen LogP contribution in [-0.2, 0) is 14.4 Å². The average molecular weight is 547 g/mol. The Balaban J connectivity index is 1.42. The van der Waals surface area contributed by atoms with E-state index in [9.17, 15) is 14.4 Å². The topological polar surface area (TPSA) is 82.6 Å². The number of carbonyl (C=O) groups excluding carboxylic acids is 3. The Morgan fingerprint density at radius 2 is 1.77 bits per heavy atom. The molecular formula is C31H38N4O3S. The lowest BCUT2D eigenvalue weighted by Gasteiger charge is -2.38. The first-order valence-electron chi connectivity index (χ1n) is 14.2. The highest BCUT2D eigenvalue weighted by Gasteiger charge is 2.41. The molecule has 8 heteroatoms. The van der Waals surface area contributed by atoms with Gasteiger partial charge in [0, 0.05) is 38.0 Å². The maximum Gasteiger partial charge on any atom is 0.246 e. The van der Waals surface area contributed by atoms with E-state index in [0.29, 0.717) is 32.5 Å². The molecule has 39 heavy (non-hydrogen) atoms. The van der Waals surface area contributed by atoms with Gasteiger partial charge in [0.05, 0.1) is 16.3 Å². The van der Waals surface area contributed by atoms with Gasteiger partial charge in [0.15, 0.2) is 0 Å². The molecule has 0 bridgehead atoms. The zero-order valence-electron chi connectivity index (χ0n) is 23.1. The lowest BCUT2D eigenvalue weighted by atomic mass is 9.87. The van der Waals surface area contributed by atoms with Crippen molar-refractivity contribution in [1.29, 1.82) is 0 Å². The zero-order valence-corrected chi connectivity index (χ0v) is 23.9. The number of hydrogen-bond acceptors (Lipinski definition) is 5. The van der Waals surface area contributed by atoms with Crippen molar-refractivity contribution in [3.8, 4) is 11.1 Å². The van der Waals surface area contributed by atoms with Gasteiger partial charge in [0.2, 0.25) is 17.7 Å². The normalized spacial score (nSPS) is 19.7. The van der Waals surface area contributed by atoms with Gasteiger partial charge in [-0.25, -0.2) is 4.98 Å². The number of amides is 3. The van der Waals surface area contributed by atoms with Crippen molar-refractivity contribution >= 4 is 39.3 Å². The van der Waals surface area contributed by atoms with Crippen molar-refractivity contribution in [2.45, 2.75) is 65.0 Å². The number of aromatic nitrogens is 1. The third-order valence-corrected chi connectivity index (χ3v) is 9.54. The second kappa shape index (κ2) is 11.9. The number of carbonyl (C=O) groups is 3. The summed E-state index contributed by atoms with van der Waals surface area (Å²) in [6.45, 7) is 7.37. The first-order valence-corrected chi connectivity index (χ1v) is 15.0. The number of rotatable bonds is 7. The summed E-state index contributed by atoms with van der Waals surface area (Å²) in [5, 5.41) is 4.09. The standard InChI is InChI=1S/C31H38N4O3S/c1-4-20(2)29(37)32-27(23-15-18-34(19-16-23)21(3)36)31(38)35-17-9-13-25(35)30-33-28-24(12-8-14-26(28)39-30)22-10-6-5-7-11-22/h5-8,10-12,14,20,23,25,27H,4,9,13,15-19H2,1-3H3,(H,32,37)/t20-,25+,27+/m1/s1. The Morgan fingerprint density at radius 3 is 2.46 bits per heavy atom. The molecule has 1 aromatic heterocycles. The molecule has 3 amide bonds. The first kappa shape index (κ1) is 27.3. The van der Waals surface area contributed by atoms with E-state index in [1.54, 1.807) is 18.3 Å². The van der Waals surface area contributed by atoms with Crippen LogP contribution in [0.25, 0.3) is 21.3 Å². The quantitative estimate of drug-likeness (QED) is 0.429. The molecule has 0 radical (unpaired) electrons. The highest BCUT2D eigenvalue weighted by Crippen LogP contribution is 2.40. The third kappa shape index (κ3) is 5.71. The van der Waals surface area contributed by atoms with Gasteiger partial charge in [-0.15, -0.1) is 11.3 Å². The van der Waals surface area contributed by atoms with Crippen molar-refractivity contribution in [3.63, 3.8) is 0 Å². The molecule has 7 nitrogen and oxygen atoms in total. The predicted octanol–water partition coefficient (Wildman–Crippen LogP) is 5.42. The summed E-state index contributed by atoms with van der Waals surface area (Å²) < 4.78 is 1.11. The van der Waals surface area contributed by atoms with E-state index in [-0.39, 0.29) is 35.6 Å². The van der Waals surface area contributed by atoms with E-state index in [1.807, 2.05) is 41.8 Å². The average Bonchev–Trinajstić information content (AvgIpc) is 3.63. The lowest BCUT2D eigenvalue weighted by molar-refractivity contribution is -0.140. The van der Waals surface area contributed by atoms with E-state index < -0.39 is 6.04 Å². The summed E-state index contributed by atoms with van der Waals surface area (Å²) in [7, 11) is 0. The fourth-order valence-corrected chi connectivity index (χ4v) is 6.98. The van der Waals surface area contributed by atoms with Gasteiger partial charge in [-0.2, -0.15) is 0 Å². The summed E-state index contributed by atoms with van der Waals surface area (Å²) in [4.78, 5) is 48.0. The van der Waals surface area contributed by atoms with Gasteiger partial charge in [-0.05, 0) is 49.7 Å². The highest BCUT2D eigenvalue weighted by atomic mass is 32.1. The molecule has 206 valence electrons. The molecule has 0 saturated carbocycles. The summed E-state index contributed by atoms with van der Waals surface area (Å²) in [6.07, 6.45) is 3.90. The van der Waals surface area contributed by atoms with Crippen molar-refractivity contribution in [3.05, 3.63) is 53.5 Å². The van der Waals surface area contributed by atoms with Crippen molar-refractivity contribution in [2.24, 2.45) is 11.8 Å². The van der Waals surface area contributed by atoms with Crippen molar-refractivity contribution < 1.29 is 14.4 Å². The van der Waals surface area contributed by atoms with Crippen LogP contribution in [0.3, 0.4) is 0 Å². The van der Waals surface area contributed by atoms with Crippen molar-refractivity contribution in [1.82, 2.24) is 20.1 Å². The molecule has 2 fully saturated rings. The van der Waals surface area contributed by atoms with E-state index in [4.69, 9.17) is 4.98 Å². The molecule has 3 heterocycles. The molecule has 3 atom stereocenters. The summed E-state index contributed by atoms with van der Waals surface area (Å²) in [6, 6.07) is 15.9. The van der Waals surface area contributed by atoms with Crippen molar-refractivity contribution in [2.75, 3.05) is 19.6 Å². The summed E-state index contributed by atoms with van der Waals surface area (Å²) >= 11 is 1.66. The number of likely N-dealkylation sites (tertiary alicyclic amines) is 2. The van der Waals surface area contributed by atoms with Gasteiger partial charge in [0.1, 0.15) is 11.0 Å². The number of piperidine rings is 1. The predicted molar refractivity (Wildman–Crippen MR) is 155 cm³/mol. The van der Waals surface area contributed by atoms with Crippen LogP contribution in [0.4, 0.5) is 0 Å². The zero-order chi connectivity index (χ0) is 27.5. The number of nitrogens with one attached hydrogen (secondary N) is 1. The number of hydrogen-bond donors (Lipinski definition) is 1. The molecule has 1 N–H and O–H groups in total. The molecule has 0 aliphatic carbocycles. The van der Waals surface area contributed by atoms with E-state index in [1.165, 1.54) is 0 Å². The minimum absolute atomic E-state index is 0.00223. The van der Waals surface area contributed by atoms with Crippen LogP contribution in [0.5, 0.6) is 0 Å². The Hall–Kier alpha value is -3.26. The molecule has 3 aromatic rings. The fraction of sp³-hybridized carbons (Fsp3) is 0.484. The van der Waals surface area contributed by atoms with Crippen LogP contribution in [-0.4, -0.2) is 58.2 Å². The molecule has 2 saturated heterocycles. The van der Waals surface area contributed by atoms with E-state index in [0.717, 1.165) is 45.6 Å². The Bertz CT molecular complexity index is 1330. The van der Waals surface area contributed by atoms with Gasteiger partial charge in [-0.1, -0.05) is 56.3 Å². The first-order chi connectivity index (χ1) is 18.9. The van der Waals surface area contributed by atoms with Gasteiger partial charge in [0.25, 0.3) is 0 Å². The Kier molecular flexibility index (Phi) is 8.31. The maximum atomic E-state index is 14.2. The minimum Gasteiger partial charge on any atom is -0.344 e. The maximum absolute atomic E-state index is 14.2. The van der Waals surface area contributed by atoms with E-state index in [2.05, 4.69) is 35.6 Å². The van der Waals surface area contributed by atoms with Crippen LogP contribution < -0.4 is 5.32 Å². The van der Waals surface area contributed by atoms with Crippen LogP contribution in [0, 0.1) is 11.8 Å².